The highest BCUT2D eigenvalue weighted by Crippen LogP contribution is 1.95. The van der Waals surface area contributed by atoms with E-state index in [0.29, 0.717) is 0 Å². The topological polar surface area (TPSA) is 46.2 Å². The Kier molecular flexibility index (Phi) is 2.96. The monoisotopic (exact) mass is 103 g/mol. The maximum atomic E-state index is 8.43. The van der Waals surface area contributed by atoms with E-state index in [1.165, 1.54) is 0 Å². The van der Waals surface area contributed by atoms with Crippen molar-refractivity contribution in [2.45, 2.75) is 19.9 Å². The second-order valence-corrected chi connectivity index (χ2v) is 2.02. The Morgan fingerprint density at radius 1 is 1.57 bits per heavy atom. The zero-order valence-corrected chi connectivity index (χ0v) is 4.89. The molecule has 1 unspecified atom stereocenters. The average Bonchev–Trinajstić information content (AvgIpc) is 1.65. The van der Waals surface area contributed by atoms with Crippen molar-refractivity contribution in [3.63, 3.8) is 0 Å². The maximum absolute atomic E-state index is 8.43. The summed E-state index contributed by atoms with van der Waals surface area (Å²) in [5, 5.41) is 8.43. The fourth-order valence-corrected chi connectivity index (χ4v) is 0.166. The second kappa shape index (κ2) is 2.99. The van der Waals surface area contributed by atoms with Crippen molar-refractivity contribution in [2.75, 3.05) is 6.61 Å². The Balaban J connectivity index is 3.14. The molecule has 0 rings (SSSR count). The van der Waals surface area contributed by atoms with Gasteiger partial charge in [0.2, 0.25) is 0 Å². The van der Waals surface area contributed by atoms with Gasteiger partial charge in [-0.1, -0.05) is 6.92 Å². The summed E-state index contributed by atoms with van der Waals surface area (Å²) in [6.07, 6.45) is 0. The lowest BCUT2D eigenvalue weighted by Crippen LogP contribution is -2.26. The van der Waals surface area contributed by atoms with Crippen LogP contribution in [0.15, 0.2) is 0 Å². The van der Waals surface area contributed by atoms with Crippen LogP contribution in [0, 0.1) is 5.92 Å². The molecular weight excluding hydrogens is 90.1 g/mol. The summed E-state index contributed by atoms with van der Waals surface area (Å²) in [7, 11) is 0. The third kappa shape index (κ3) is 2.60. The summed E-state index contributed by atoms with van der Waals surface area (Å²) in [5.41, 5.74) is 5.39. The first-order chi connectivity index (χ1) is 3.18. The van der Waals surface area contributed by atoms with E-state index in [-0.39, 0.29) is 18.6 Å². The second-order valence-electron chi connectivity index (χ2n) is 2.02. The van der Waals surface area contributed by atoms with E-state index in [0.717, 1.165) is 0 Å². The molecule has 0 aliphatic rings. The Bertz CT molecular complexity index is 45.3. The van der Waals surface area contributed by atoms with Gasteiger partial charge in [0.25, 0.3) is 0 Å². The highest BCUT2D eigenvalue weighted by atomic mass is 16.3. The van der Waals surface area contributed by atoms with E-state index in [4.69, 9.17) is 10.8 Å². The predicted octanol–water partition coefficient (Wildman–Crippen LogP) is -0.0380. The Hall–Kier alpha value is -0.0800. The molecule has 0 aromatic carbocycles. The van der Waals surface area contributed by atoms with Gasteiger partial charge in [-0.25, -0.2) is 0 Å². The molecule has 7 heavy (non-hydrogen) atoms. The van der Waals surface area contributed by atoms with Crippen molar-refractivity contribution in [3.05, 3.63) is 0 Å². The molecule has 44 valence electrons. The summed E-state index contributed by atoms with van der Waals surface area (Å²) >= 11 is 0. The third-order valence-electron chi connectivity index (χ3n) is 1.19. The van der Waals surface area contributed by atoms with E-state index in [1.54, 1.807) is 0 Å². The quantitative estimate of drug-likeness (QED) is 0.515. The van der Waals surface area contributed by atoms with E-state index < -0.39 is 0 Å². The largest absolute Gasteiger partial charge is 0.396 e. The molecule has 0 saturated carbocycles. The summed E-state index contributed by atoms with van der Waals surface area (Å²) in [4.78, 5) is 0. The molecule has 0 aromatic rings. The normalized spacial score (nSPS) is 18.9. The van der Waals surface area contributed by atoms with E-state index in [1.807, 2.05) is 13.8 Å². The van der Waals surface area contributed by atoms with Gasteiger partial charge < -0.3 is 10.8 Å². The van der Waals surface area contributed by atoms with Gasteiger partial charge in [0.1, 0.15) is 0 Å². The Labute approximate surface area is 44.3 Å². The Morgan fingerprint density at radius 2 is 2.00 bits per heavy atom. The lowest BCUT2D eigenvalue weighted by atomic mass is 10.1. The fraction of sp³-hybridized carbons (Fsp3) is 1.00. The van der Waals surface area contributed by atoms with Crippen LogP contribution in [-0.2, 0) is 0 Å². The summed E-state index contributed by atoms with van der Waals surface area (Å²) in [5.74, 6) is 0.236. The summed E-state index contributed by atoms with van der Waals surface area (Å²) < 4.78 is 0. The van der Waals surface area contributed by atoms with Gasteiger partial charge in [0, 0.05) is 12.6 Å². The fourth-order valence-electron chi connectivity index (χ4n) is 0.166. The van der Waals surface area contributed by atoms with E-state index >= 15 is 0 Å². The van der Waals surface area contributed by atoms with Crippen LogP contribution in [0.1, 0.15) is 13.8 Å². The van der Waals surface area contributed by atoms with Crippen LogP contribution in [0.25, 0.3) is 0 Å². The molecule has 2 nitrogen and oxygen atoms in total. The van der Waals surface area contributed by atoms with Gasteiger partial charge >= 0.3 is 0 Å². The molecule has 0 aliphatic heterocycles. The number of hydrogen-bond acceptors (Lipinski definition) is 2. The number of hydrogen-bond donors (Lipinski definition) is 2. The lowest BCUT2D eigenvalue weighted by molar-refractivity contribution is 0.221. The molecule has 0 radical (unpaired) electrons. The minimum absolute atomic E-state index is 0.116. The molecule has 0 saturated heterocycles. The molecule has 0 aliphatic carbocycles. The smallest absolute Gasteiger partial charge is 0.0471 e. The molecule has 2 heteroatoms. The SMILES string of the molecule is CC(CO)[C@H](C)N. The lowest BCUT2D eigenvalue weighted by Gasteiger charge is -2.09. The molecule has 2 atom stereocenters. The molecule has 0 aromatic heterocycles. The predicted molar refractivity (Wildman–Crippen MR) is 29.9 cm³/mol. The molecule has 0 bridgehead atoms. The summed E-state index contributed by atoms with van der Waals surface area (Å²) in [6.45, 7) is 4.00. The van der Waals surface area contributed by atoms with Crippen LogP contribution < -0.4 is 5.73 Å². The van der Waals surface area contributed by atoms with Crippen LogP contribution in [0.5, 0.6) is 0 Å². The zero-order valence-electron chi connectivity index (χ0n) is 4.89. The van der Waals surface area contributed by atoms with Crippen molar-refractivity contribution in [2.24, 2.45) is 11.7 Å². The van der Waals surface area contributed by atoms with Crippen molar-refractivity contribution < 1.29 is 5.11 Å². The van der Waals surface area contributed by atoms with Gasteiger partial charge in [-0.15, -0.1) is 0 Å². The van der Waals surface area contributed by atoms with Crippen molar-refractivity contribution in [3.8, 4) is 0 Å². The van der Waals surface area contributed by atoms with Crippen molar-refractivity contribution >= 4 is 0 Å². The summed E-state index contributed by atoms with van der Waals surface area (Å²) in [6, 6.07) is 0.116. The molecule has 3 N–H and O–H groups in total. The van der Waals surface area contributed by atoms with Gasteiger partial charge in [-0.3, -0.25) is 0 Å². The van der Waals surface area contributed by atoms with Crippen LogP contribution in [0.4, 0.5) is 0 Å². The number of rotatable bonds is 2. The number of nitrogens with two attached hydrogens (primary N) is 1. The van der Waals surface area contributed by atoms with E-state index in [9.17, 15) is 0 Å². The van der Waals surface area contributed by atoms with E-state index in [2.05, 4.69) is 0 Å². The van der Waals surface area contributed by atoms with Crippen LogP contribution in [0.3, 0.4) is 0 Å². The van der Waals surface area contributed by atoms with Crippen LogP contribution >= 0.6 is 0 Å². The van der Waals surface area contributed by atoms with Crippen molar-refractivity contribution in [1.82, 2.24) is 0 Å². The molecule has 0 heterocycles. The van der Waals surface area contributed by atoms with Gasteiger partial charge in [0.05, 0.1) is 0 Å². The molecular formula is C5H13NO. The highest BCUT2D eigenvalue weighted by molar-refractivity contribution is 4.60. The highest BCUT2D eigenvalue weighted by Gasteiger charge is 2.02. The zero-order chi connectivity index (χ0) is 5.86. The van der Waals surface area contributed by atoms with Gasteiger partial charge in [-0.05, 0) is 12.8 Å². The first kappa shape index (κ1) is 6.92. The van der Waals surface area contributed by atoms with Crippen LogP contribution in [0.2, 0.25) is 0 Å². The van der Waals surface area contributed by atoms with Gasteiger partial charge in [0.15, 0.2) is 0 Å². The van der Waals surface area contributed by atoms with Crippen molar-refractivity contribution in [1.29, 1.82) is 0 Å². The minimum Gasteiger partial charge on any atom is -0.396 e. The standard InChI is InChI=1S/C5H13NO/c1-4(3-7)5(2)6/h4-5,7H,3,6H2,1-2H3/t4?,5-/m0/s1. The first-order valence-electron chi connectivity index (χ1n) is 2.55. The molecule has 0 amide bonds. The number of aliphatic hydroxyl groups is 1. The van der Waals surface area contributed by atoms with Gasteiger partial charge in [-0.2, -0.15) is 0 Å². The first-order valence-corrected chi connectivity index (χ1v) is 2.55. The maximum Gasteiger partial charge on any atom is 0.0471 e. The minimum atomic E-state index is 0.116. The molecule has 0 fully saturated rings. The third-order valence-corrected chi connectivity index (χ3v) is 1.19. The number of aliphatic hydroxyl groups excluding tert-OH is 1. The average molecular weight is 103 g/mol. The van der Waals surface area contributed by atoms with Crippen LogP contribution in [-0.4, -0.2) is 17.8 Å². The Morgan fingerprint density at radius 3 is 2.00 bits per heavy atom. The molecule has 0 spiro atoms.